The molecule has 1 N–H and O–H groups in total. The van der Waals surface area contributed by atoms with Crippen LogP contribution in [-0.2, 0) is 11.2 Å². The van der Waals surface area contributed by atoms with Crippen molar-refractivity contribution >= 4 is 23.2 Å². The van der Waals surface area contributed by atoms with E-state index in [0.29, 0.717) is 22.2 Å². The molecule has 0 aliphatic rings. The Morgan fingerprint density at radius 1 is 1.18 bits per heavy atom. The van der Waals surface area contributed by atoms with Crippen LogP contribution < -0.4 is 14.8 Å². The molecule has 4 nitrogen and oxygen atoms in total. The van der Waals surface area contributed by atoms with Crippen LogP contribution in [0.4, 0.5) is 5.69 Å². The fraction of sp³-hybridized carbons (Fsp3) is 0.235. The first-order chi connectivity index (χ1) is 10.5. The van der Waals surface area contributed by atoms with Gasteiger partial charge in [0, 0.05) is 22.3 Å². The Bertz CT molecular complexity index is 686. The molecular weight excluding hydrogens is 302 g/mol. The van der Waals surface area contributed by atoms with Crippen LogP contribution in [0, 0.1) is 6.92 Å². The first kappa shape index (κ1) is 16.2. The molecule has 0 saturated carbocycles. The SMILES string of the molecule is COc1ccc(CC(=O)Nc2cccc(Cl)c2C)c(OC)c1. The smallest absolute Gasteiger partial charge is 0.228 e. The number of hydrogen-bond acceptors (Lipinski definition) is 3. The first-order valence-corrected chi connectivity index (χ1v) is 7.18. The van der Waals surface area contributed by atoms with Crippen molar-refractivity contribution in [2.45, 2.75) is 13.3 Å². The highest BCUT2D eigenvalue weighted by Crippen LogP contribution is 2.26. The van der Waals surface area contributed by atoms with Gasteiger partial charge in [0.25, 0.3) is 0 Å². The van der Waals surface area contributed by atoms with Crippen LogP contribution in [0.3, 0.4) is 0 Å². The molecule has 0 spiro atoms. The van der Waals surface area contributed by atoms with Crippen LogP contribution in [0.1, 0.15) is 11.1 Å². The molecule has 5 heteroatoms. The lowest BCUT2D eigenvalue weighted by atomic mass is 10.1. The summed E-state index contributed by atoms with van der Waals surface area (Å²) >= 11 is 6.05. The maximum atomic E-state index is 12.2. The number of carbonyl (C=O) groups excluding carboxylic acids is 1. The second-order valence-electron chi connectivity index (χ2n) is 4.82. The molecule has 116 valence electrons. The summed E-state index contributed by atoms with van der Waals surface area (Å²) in [5.74, 6) is 1.18. The van der Waals surface area contributed by atoms with Crippen molar-refractivity contribution in [2.75, 3.05) is 19.5 Å². The molecule has 0 atom stereocenters. The van der Waals surface area contributed by atoms with Gasteiger partial charge in [0.15, 0.2) is 0 Å². The average molecular weight is 320 g/mol. The minimum absolute atomic E-state index is 0.131. The summed E-state index contributed by atoms with van der Waals surface area (Å²) in [6.07, 6.45) is 0.207. The molecule has 2 aromatic carbocycles. The number of methoxy groups -OCH3 is 2. The lowest BCUT2D eigenvalue weighted by molar-refractivity contribution is -0.115. The van der Waals surface area contributed by atoms with Gasteiger partial charge >= 0.3 is 0 Å². The van der Waals surface area contributed by atoms with Gasteiger partial charge in [-0.05, 0) is 30.7 Å². The average Bonchev–Trinajstić information content (AvgIpc) is 2.52. The van der Waals surface area contributed by atoms with E-state index >= 15 is 0 Å². The first-order valence-electron chi connectivity index (χ1n) is 6.81. The zero-order valence-electron chi connectivity index (χ0n) is 12.8. The summed E-state index contributed by atoms with van der Waals surface area (Å²) in [4.78, 5) is 12.2. The van der Waals surface area contributed by atoms with E-state index in [1.54, 1.807) is 38.5 Å². The predicted octanol–water partition coefficient (Wildman–Crippen LogP) is 3.85. The maximum absolute atomic E-state index is 12.2. The molecule has 0 radical (unpaired) electrons. The number of nitrogens with one attached hydrogen (secondary N) is 1. The zero-order valence-corrected chi connectivity index (χ0v) is 13.5. The normalized spacial score (nSPS) is 10.2. The van der Waals surface area contributed by atoms with Crippen molar-refractivity contribution < 1.29 is 14.3 Å². The van der Waals surface area contributed by atoms with Crippen molar-refractivity contribution in [3.05, 3.63) is 52.5 Å². The summed E-state index contributed by atoms with van der Waals surface area (Å²) in [6, 6.07) is 10.8. The number of ether oxygens (including phenoxy) is 2. The van der Waals surface area contributed by atoms with Gasteiger partial charge in [-0.3, -0.25) is 4.79 Å². The van der Waals surface area contributed by atoms with Crippen LogP contribution in [0.15, 0.2) is 36.4 Å². The van der Waals surface area contributed by atoms with Crippen molar-refractivity contribution in [3.8, 4) is 11.5 Å². The molecule has 1 amide bonds. The third-order valence-corrected chi connectivity index (χ3v) is 3.80. The van der Waals surface area contributed by atoms with E-state index in [1.807, 2.05) is 19.1 Å². The number of anilines is 1. The molecule has 0 aromatic heterocycles. The number of hydrogen-bond donors (Lipinski definition) is 1. The fourth-order valence-electron chi connectivity index (χ4n) is 2.11. The van der Waals surface area contributed by atoms with Crippen molar-refractivity contribution in [1.29, 1.82) is 0 Å². The highest BCUT2D eigenvalue weighted by atomic mass is 35.5. The van der Waals surface area contributed by atoms with E-state index in [4.69, 9.17) is 21.1 Å². The van der Waals surface area contributed by atoms with E-state index in [2.05, 4.69) is 5.32 Å². The summed E-state index contributed by atoms with van der Waals surface area (Å²) in [5.41, 5.74) is 2.35. The quantitative estimate of drug-likeness (QED) is 0.910. The van der Waals surface area contributed by atoms with Crippen LogP contribution in [0.25, 0.3) is 0 Å². The predicted molar refractivity (Wildman–Crippen MR) is 88.1 cm³/mol. The van der Waals surface area contributed by atoms with Crippen LogP contribution >= 0.6 is 11.6 Å². The molecule has 0 bridgehead atoms. The molecule has 2 aromatic rings. The van der Waals surface area contributed by atoms with E-state index < -0.39 is 0 Å². The van der Waals surface area contributed by atoms with Gasteiger partial charge in [-0.15, -0.1) is 0 Å². The largest absolute Gasteiger partial charge is 0.497 e. The number of benzene rings is 2. The van der Waals surface area contributed by atoms with Crippen molar-refractivity contribution in [3.63, 3.8) is 0 Å². The molecule has 0 saturated heterocycles. The maximum Gasteiger partial charge on any atom is 0.228 e. The van der Waals surface area contributed by atoms with Gasteiger partial charge in [-0.1, -0.05) is 23.7 Å². The monoisotopic (exact) mass is 319 g/mol. The Labute approximate surface area is 135 Å². The molecule has 0 aliphatic carbocycles. The molecular formula is C17H18ClNO3. The fourth-order valence-corrected chi connectivity index (χ4v) is 2.28. The highest BCUT2D eigenvalue weighted by molar-refractivity contribution is 6.31. The summed E-state index contributed by atoms with van der Waals surface area (Å²) in [7, 11) is 3.15. The zero-order chi connectivity index (χ0) is 16.1. The van der Waals surface area contributed by atoms with Crippen LogP contribution in [-0.4, -0.2) is 20.1 Å². The minimum atomic E-state index is -0.131. The molecule has 0 aliphatic heterocycles. The Kier molecular flexibility index (Phi) is 5.28. The molecule has 2 rings (SSSR count). The van der Waals surface area contributed by atoms with Gasteiger partial charge in [-0.2, -0.15) is 0 Å². The molecule has 0 fully saturated rings. The van der Waals surface area contributed by atoms with Gasteiger partial charge in [0.2, 0.25) is 5.91 Å². The summed E-state index contributed by atoms with van der Waals surface area (Å²) in [6.45, 7) is 1.87. The summed E-state index contributed by atoms with van der Waals surface area (Å²) < 4.78 is 10.4. The Morgan fingerprint density at radius 2 is 1.95 bits per heavy atom. The lowest BCUT2D eigenvalue weighted by Gasteiger charge is -2.12. The Morgan fingerprint density at radius 3 is 2.64 bits per heavy atom. The van der Waals surface area contributed by atoms with Crippen molar-refractivity contribution in [1.82, 2.24) is 0 Å². The van der Waals surface area contributed by atoms with E-state index in [0.717, 1.165) is 11.1 Å². The topological polar surface area (TPSA) is 47.6 Å². The lowest BCUT2D eigenvalue weighted by Crippen LogP contribution is -2.15. The van der Waals surface area contributed by atoms with Gasteiger partial charge in [-0.25, -0.2) is 0 Å². The van der Waals surface area contributed by atoms with Crippen LogP contribution in [0.2, 0.25) is 5.02 Å². The van der Waals surface area contributed by atoms with Gasteiger partial charge in [0.1, 0.15) is 11.5 Å². The third kappa shape index (κ3) is 3.71. The van der Waals surface area contributed by atoms with Gasteiger partial charge in [0.05, 0.1) is 20.6 Å². The Hall–Kier alpha value is -2.20. The molecule has 0 heterocycles. The number of amides is 1. The molecule has 0 unspecified atom stereocenters. The molecule has 22 heavy (non-hydrogen) atoms. The summed E-state index contributed by atoms with van der Waals surface area (Å²) in [5, 5.41) is 3.49. The number of carbonyl (C=O) groups is 1. The standard InChI is InChI=1S/C17H18ClNO3/c1-11-14(18)5-4-6-15(11)19-17(20)9-12-7-8-13(21-2)10-16(12)22-3/h4-8,10H,9H2,1-3H3,(H,19,20). The van der Waals surface area contributed by atoms with E-state index in [1.165, 1.54) is 0 Å². The van der Waals surface area contributed by atoms with Crippen molar-refractivity contribution in [2.24, 2.45) is 0 Å². The van der Waals surface area contributed by atoms with E-state index in [9.17, 15) is 4.79 Å². The minimum Gasteiger partial charge on any atom is -0.497 e. The highest BCUT2D eigenvalue weighted by Gasteiger charge is 2.11. The van der Waals surface area contributed by atoms with E-state index in [-0.39, 0.29) is 12.3 Å². The number of halogens is 1. The second-order valence-corrected chi connectivity index (χ2v) is 5.22. The number of rotatable bonds is 5. The Balaban J connectivity index is 2.14. The van der Waals surface area contributed by atoms with Crippen LogP contribution in [0.5, 0.6) is 11.5 Å². The third-order valence-electron chi connectivity index (χ3n) is 3.39. The van der Waals surface area contributed by atoms with Gasteiger partial charge < -0.3 is 14.8 Å². The second kappa shape index (κ2) is 7.18.